The molecule has 0 aliphatic carbocycles. The molecule has 2 nitrogen and oxygen atoms in total. The maximum absolute atomic E-state index is 9.00. The Morgan fingerprint density at radius 1 is 0.833 bits per heavy atom. The maximum atomic E-state index is 9.00. The first-order valence-corrected chi connectivity index (χ1v) is 7.49. The smallest absolute Gasteiger partial charge is 0.300 e. The van der Waals surface area contributed by atoms with Crippen molar-refractivity contribution in [2.45, 2.75) is 85.0 Å². The molecule has 0 fully saturated rings. The van der Waals surface area contributed by atoms with Crippen LogP contribution >= 0.6 is 0 Å². The molecule has 0 atom stereocenters. The summed E-state index contributed by atoms with van der Waals surface area (Å²) in [6, 6.07) is 0. The van der Waals surface area contributed by atoms with Crippen molar-refractivity contribution in [2.24, 2.45) is 0 Å². The van der Waals surface area contributed by atoms with Gasteiger partial charge in [-0.05, 0) is 25.7 Å². The summed E-state index contributed by atoms with van der Waals surface area (Å²) in [4.78, 5) is 9.00. The minimum Gasteiger partial charge on any atom is -0.481 e. The number of hydrogen-bond donors (Lipinski definition) is 1. The van der Waals surface area contributed by atoms with E-state index < -0.39 is 5.97 Å². The van der Waals surface area contributed by atoms with Crippen molar-refractivity contribution in [3.8, 4) is 0 Å². The summed E-state index contributed by atoms with van der Waals surface area (Å²) in [5.74, 6) is -0.833. The fraction of sp³-hybridized carbons (Fsp3) is 0.812. The molecule has 0 bridgehead atoms. The maximum Gasteiger partial charge on any atom is 0.300 e. The molecule has 1 N–H and O–H groups in total. The average molecular weight is 256 g/mol. The van der Waals surface area contributed by atoms with E-state index in [4.69, 9.17) is 9.90 Å². The van der Waals surface area contributed by atoms with E-state index in [9.17, 15) is 0 Å². The first-order chi connectivity index (χ1) is 8.65. The molecule has 0 aromatic heterocycles. The van der Waals surface area contributed by atoms with Crippen LogP contribution in [0, 0.1) is 0 Å². The number of aliphatic carboxylic acids is 1. The molecular formula is C16H32O2. The monoisotopic (exact) mass is 256 g/mol. The van der Waals surface area contributed by atoms with Crippen molar-refractivity contribution in [1.82, 2.24) is 0 Å². The Hall–Kier alpha value is -0.790. The summed E-state index contributed by atoms with van der Waals surface area (Å²) in [6.45, 7) is 5.62. The zero-order valence-electron chi connectivity index (χ0n) is 12.6. The van der Waals surface area contributed by atoms with Crippen molar-refractivity contribution < 1.29 is 9.90 Å². The van der Waals surface area contributed by atoms with Crippen LogP contribution < -0.4 is 0 Å². The molecule has 0 aromatic rings. The van der Waals surface area contributed by atoms with Gasteiger partial charge in [0.15, 0.2) is 0 Å². The van der Waals surface area contributed by atoms with E-state index in [2.05, 4.69) is 26.0 Å². The Labute approximate surface area is 113 Å². The summed E-state index contributed by atoms with van der Waals surface area (Å²) in [5.41, 5.74) is 0. The van der Waals surface area contributed by atoms with Gasteiger partial charge in [-0.3, -0.25) is 4.79 Å². The number of carboxylic acid groups (broad SMARTS) is 1. The first kappa shape index (κ1) is 19.5. The second-order valence-corrected chi connectivity index (χ2v) is 4.69. The number of rotatable bonds is 10. The van der Waals surface area contributed by atoms with Gasteiger partial charge in [0, 0.05) is 6.92 Å². The topological polar surface area (TPSA) is 37.3 Å². The Kier molecular flexibility index (Phi) is 20.2. The number of allylic oxidation sites excluding steroid dienone is 2. The van der Waals surface area contributed by atoms with E-state index in [1.807, 2.05) is 0 Å². The Morgan fingerprint density at radius 3 is 1.61 bits per heavy atom. The summed E-state index contributed by atoms with van der Waals surface area (Å²) in [6.07, 6.45) is 18.5. The molecule has 0 saturated carbocycles. The van der Waals surface area contributed by atoms with Gasteiger partial charge in [0.1, 0.15) is 0 Å². The SMILES string of the molecule is CC(=O)O.CCCCC/C=C/CCCCCCC. The Bertz CT molecular complexity index is 182. The Balaban J connectivity index is 0. The number of hydrogen-bond acceptors (Lipinski definition) is 1. The first-order valence-electron chi connectivity index (χ1n) is 7.49. The van der Waals surface area contributed by atoms with Gasteiger partial charge >= 0.3 is 0 Å². The molecule has 0 aliphatic heterocycles. The van der Waals surface area contributed by atoms with Gasteiger partial charge in [-0.25, -0.2) is 0 Å². The minimum absolute atomic E-state index is 0.833. The van der Waals surface area contributed by atoms with Gasteiger partial charge in [0.05, 0.1) is 0 Å². The van der Waals surface area contributed by atoms with Crippen LogP contribution in [0.25, 0.3) is 0 Å². The van der Waals surface area contributed by atoms with Crippen LogP contribution in [0.5, 0.6) is 0 Å². The van der Waals surface area contributed by atoms with E-state index >= 15 is 0 Å². The normalized spacial score (nSPS) is 10.2. The van der Waals surface area contributed by atoms with Crippen LogP contribution in [0.3, 0.4) is 0 Å². The van der Waals surface area contributed by atoms with Crippen molar-refractivity contribution >= 4 is 5.97 Å². The summed E-state index contributed by atoms with van der Waals surface area (Å²) in [7, 11) is 0. The zero-order chi connectivity index (χ0) is 14.1. The lowest BCUT2D eigenvalue weighted by molar-refractivity contribution is -0.134. The molecule has 0 radical (unpaired) electrons. The van der Waals surface area contributed by atoms with Gasteiger partial charge in [0.2, 0.25) is 0 Å². The van der Waals surface area contributed by atoms with E-state index in [0.29, 0.717) is 0 Å². The van der Waals surface area contributed by atoms with Crippen LogP contribution in [-0.4, -0.2) is 11.1 Å². The lowest BCUT2D eigenvalue weighted by atomic mass is 10.1. The molecule has 18 heavy (non-hydrogen) atoms. The highest BCUT2D eigenvalue weighted by Gasteiger charge is 1.86. The van der Waals surface area contributed by atoms with Crippen LogP contribution in [0.4, 0.5) is 0 Å². The van der Waals surface area contributed by atoms with Gasteiger partial charge in [0.25, 0.3) is 5.97 Å². The van der Waals surface area contributed by atoms with E-state index in [-0.39, 0.29) is 0 Å². The fourth-order valence-corrected chi connectivity index (χ4v) is 1.61. The van der Waals surface area contributed by atoms with Gasteiger partial charge < -0.3 is 5.11 Å². The number of carbonyl (C=O) groups is 1. The molecular weight excluding hydrogens is 224 g/mol. The molecule has 108 valence electrons. The highest BCUT2D eigenvalue weighted by molar-refractivity contribution is 5.62. The zero-order valence-corrected chi connectivity index (χ0v) is 12.6. The molecule has 0 spiro atoms. The lowest BCUT2D eigenvalue weighted by Gasteiger charge is -1.96. The predicted molar refractivity (Wildman–Crippen MR) is 80.0 cm³/mol. The standard InChI is InChI=1S/C14H28.C2H4O2/c1-3-5-7-9-11-13-14-12-10-8-6-4-2;1-2(3)4/h11,13H,3-10,12,14H2,1-2H3;1H3,(H,3,4)/b13-11+;. The van der Waals surface area contributed by atoms with E-state index in [1.54, 1.807) is 0 Å². The second kappa shape index (κ2) is 18.6. The van der Waals surface area contributed by atoms with Crippen molar-refractivity contribution in [1.29, 1.82) is 0 Å². The largest absolute Gasteiger partial charge is 0.481 e. The van der Waals surface area contributed by atoms with Crippen molar-refractivity contribution in [2.75, 3.05) is 0 Å². The van der Waals surface area contributed by atoms with E-state index in [1.165, 1.54) is 64.2 Å². The molecule has 0 saturated heterocycles. The second-order valence-electron chi connectivity index (χ2n) is 4.69. The molecule has 0 amide bonds. The predicted octanol–water partition coefficient (Wildman–Crippen LogP) is 5.57. The fourth-order valence-electron chi connectivity index (χ4n) is 1.61. The average Bonchev–Trinajstić information content (AvgIpc) is 2.31. The summed E-state index contributed by atoms with van der Waals surface area (Å²) < 4.78 is 0. The molecule has 0 aliphatic rings. The number of unbranched alkanes of at least 4 members (excludes halogenated alkanes) is 8. The van der Waals surface area contributed by atoms with Crippen LogP contribution in [0.1, 0.15) is 85.0 Å². The van der Waals surface area contributed by atoms with Gasteiger partial charge in [-0.1, -0.05) is 64.5 Å². The van der Waals surface area contributed by atoms with Gasteiger partial charge in [-0.2, -0.15) is 0 Å². The number of carboxylic acids is 1. The van der Waals surface area contributed by atoms with Crippen molar-refractivity contribution in [3.05, 3.63) is 12.2 Å². The minimum atomic E-state index is -0.833. The highest BCUT2D eigenvalue weighted by atomic mass is 16.4. The molecule has 0 aromatic carbocycles. The summed E-state index contributed by atoms with van der Waals surface area (Å²) >= 11 is 0. The van der Waals surface area contributed by atoms with E-state index in [0.717, 1.165) is 6.92 Å². The lowest BCUT2D eigenvalue weighted by Crippen LogP contribution is -1.78. The third kappa shape index (κ3) is 29.5. The highest BCUT2D eigenvalue weighted by Crippen LogP contribution is 2.06. The van der Waals surface area contributed by atoms with Crippen LogP contribution in [0.2, 0.25) is 0 Å². The van der Waals surface area contributed by atoms with Gasteiger partial charge in [-0.15, -0.1) is 0 Å². The summed E-state index contributed by atoms with van der Waals surface area (Å²) in [5, 5.41) is 7.42. The molecule has 0 rings (SSSR count). The third-order valence-corrected chi connectivity index (χ3v) is 2.62. The quantitative estimate of drug-likeness (QED) is 0.409. The Morgan fingerprint density at radius 2 is 1.17 bits per heavy atom. The molecule has 0 unspecified atom stereocenters. The molecule has 2 heteroatoms. The van der Waals surface area contributed by atoms with Crippen LogP contribution in [-0.2, 0) is 4.79 Å². The van der Waals surface area contributed by atoms with Crippen molar-refractivity contribution in [3.63, 3.8) is 0 Å². The van der Waals surface area contributed by atoms with Crippen LogP contribution in [0.15, 0.2) is 12.2 Å². The molecule has 0 heterocycles. The third-order valence-electron chi connectivity index (χ3n) is 2.62.